The van der Waals surface area contributed by atoms with Crippen molar-refractivity contribution >= 4 is 33.2 Å². The first-order valence-electron chi connectivity index (χ1n) is 7.49. The molecule has 0 radical (unpaired) electrons. The van der Waals surface area contributed by atoms with Gasteiger partial charge in [-0.25, -0.2) is 4.98 Å². The summed E-state index contributed by atoms with van der Waals surface area (Å²) in [6.07, 6.45) is -0.0378. The first-order valence-corrected chi connectivity index (χ1v) is 8.28. The number of aliphatic imine (C=N–C) groups is 1. The molecular formula is C17H16BrN3O3. The highest BCUT2D eigenvalue weighted by Gasteiger charge is 2.35. The van der Waals surface area contributed by atoms with Gasteiger partial charge in [0.2, 0.25) is 23.2 Å². The van der Waals surface area contributed by atoms with Gasteiger partial charge >= 0.3 is 0 Å². The van der Waals surface area contributed by atoms with Crippen molar-refractivity contribution in [2.75, 3.05) is 27.2 Å². The predicted molar refractivity (Wildman–Crippen MR) is 93.8 cm³/mol. The van der Waals surface area contributed by atoms with Crippen LogP contribution in [0.25, 0.3) is 11.5 Å². The lowest BCUT2D eigenvalue weighted by Crippen LogP contribution is -2.27. The van der Waals surface area contributed by atoms with Crippen LogP contribution in [-0.2, 0) is 0 Å². The van der Waals surface area contributed by atoms with Gasteiger partial charge in [-0.3, -0.25) is 14.6 Å². The highest BCUT2D eigenvalue weighted by Crippen LogP contribution is 2.31. The van der Waals surface area contributed by atoms with E-state index in [1.165, 1.54) is 0 Å². The Kier molecular flexibility index (Phi) is 4.73. The SMILES string of the molecule is CN(C)CCN=C1CC(=O)c2oc(-c3ccccc3Br)nc2C1=O. The molecule has 3 rings (SSSR count). The van der Waals surface area contributed by atoms with Gasteiger partial charge in [0.1, 0.15) is 0 Å². The number of likely N-dealkylation sites (N-methyl/N-ethyl adjacent to an activating group) is 1. The van der Waals surface area contributed by atoms with E-state index in [1.54, 1.807) is 0 Å². The zero-order chi connectivity index (χ0) is 17.3. The number of hydrogen-bond donors (Lipinski definition) is 0. The van der Waals surface area contributed by atoms with Crippen molar-refractivity contribution in [2.45, 2.75) is 6.42 Å². The first-order chi connectivity index (χ1) is 11.5. The van der Waals surface area contributed by atoms with E-state index in [0.29, 0.717) is 18.7 Å². The van der Waals surface area contributed by atoms with Crippen LogP contribution in [0.5, 0.6) is 0 Å². The Bertz CT molecular complexity index is 839. The van der Waals surface area contributed by atoms with E-state index in [9.17, 15) is 9.59 Å². The van der Waals surface area contributed by atoms with Crippen molar-refractivity contribution in [2.24, 2.45) is 4.99 Å². The maximum atomic E-state index is 12.5. The number of nitrogens with zero attached hydrogens (tertiary/aromatic N) is 3. The van der Waals surface area contributed by atoms with Gasteiger partial charge in [-0.2, -0.15) is 0 Å². The number of benzene rings is 1. The lowest BCUT2D eigenvalue weighted by Gasteiger charge is -2.10. The summed E-state index contributed by atoms with van der Waals surface area (Å²) < 4.78 is 6.35. The van der Waals surface area contributed by atoms with Crippen LogP contribution in [0.2, 0.25) is 0 Å². The molecule has 1 heterocycles. The summed E-state index contributed by atoms with van der Waals surface area (Å²) in [5.74, 6) is -0.314. The fraction of sp³-hybridized carbons (Fsp3) is 0.294. The average Bonchev–Trinajstić information content (AvgIpc) is 2.98. The highest BCUT2D eigenvalue weighted by atomic mass is 79.9. The maximum Gasteiger partial charge on any atom is 0.229 e. The van der Waals surface area contributed by atoms with Crippen LogP contribution in [0.3, 0.4) is 0 Å². The van der Waals surface area contributed by atoms with E-state index < -0.39 is 0 Å². The zero-order valence-corrected chi connectivity index (χ0v) is 15.0. The summed E-state index contributed by atoms with van der Waals surface area (Å²) in [6.45, 7) is 1.17. The van der Waals surface area contributed by atoms with Crippen molar-refractivity contribution in [3.8, 4) is 11.5 Å². The topological polar surface area (TPSA) is 75.8 Å². The van der Waals surface area contributed by atoms with E-state index in [2.05, 4.69) is 25.9 Å². The van der Waals surface area contributed by atoms with Crippen molar-refractivity contribution in [1.82, 2.24) is 9.88 Å². The Morgan fingerprint density at radius 3 is 2.75 bits per heavy atom. The Hall–Kier alpha value is -2.12. The molecule has 2 aromatic rings. The zero-order valence-electron chi connectivity index (χ0n) is 13.4. The van der Waals surface area contributed by atoms with Crippen LogP contribution in [-0.4, -0.2) is 54.3 Å². The lowest BCUT2D eigenvalue weighted by molar-refractivity contribution is 0.0940. The largest absolute Gasteiger partial charge is 0.432 e. The molecule has 124 valence electrons. The van der Waals surface area contributed by atoms with Crippen molar-refractivity contribution < 1.29 is 14.0 Å². The van der Waals surface area contributed by atoms with Crippen LogP contribution in [0.15, 0.2) is 38.1 Å². The van der Waals surface area contributed by atoms with Crippen LogP contribution in [0, 0.1) is 0 Å². The Labute approximate surface area is 147 Å². The number of oxazole rings is 1. The summed E-state index contributed by atoms with van der Waals surface area (Å²) in [5, 5.41) is 0. The van der Waals surface area contributed by atoms with Gasteiger partial charge in [-0.15, -0.1) is 0 Å². The van der Waals surface area contributed by atoms with Crippen molar-refractivity contribution in [3.63, 3.8) is 0 Å². The summed E-state index contributed by atoms with van der Waals surface area (Å²) in [4.78, 5) is 35.3. The van der Waals surface area contributed by atoms with Gasteiger partial charge < -0.3 is 9.32 Å². The molecule has 0 amide bonds. The molecule has 0 spiro atoms. The number of carbonyl (C=O) groups is 2. The number of aromatic nitrogens is 1. The molecule has 1 aromatic heterocycles. The summed E-state index contributed by atoms with van der Waals surface area (Å²) >= 11 is 3.42. The second-order valence-corrected chi connectivity index (χ2v) is 6.59. The minimum Gasteiger partial charge on any atom is -0.432 e. The molecule has 0 bridgehead atoms. The van der Waals surface area contributed by atoms with Crippen molar-refractivity contribution in [1.29, 1.82) is 0 Å². The number of Topliss-reactive ketones (excluding diaryl/α,β-unsaturated/α-hetero) is 2. The van der Waals surface area contributed by atoms with Gasteiger partial charge in [0, 0.05) is 11.0 Å². The molecule has 1 aliphatic rings. The van der Waals surface area contributed by atoms with E-state index >= 15 is 0 Å². The van der Waals surface area contributed by atoms with E-state index in [0.717, 1.165) is 4.47 Å². The Balaban J connectivity index is 1.94. The third kappa shape index (κ3) is 3.22. The average molecular weight is 390 g/mol. The molecule has 1 aliphatic carbocycles. The third-order valence-corrected chi connectivity index (χ3v) is 4.33. The van der Waals surface area contributed by atoms with Gasteiger partial charge in [-0.05, 0) is 42.2 Å². The smallest absolute Gasteiger partial charge is 0.229 e. The molecule has 1 aromatic carbocycles. The van der Waals surface area contributed by atoms with Crippen LogP contribution >= 0.6 is 15.9 Å². The van der Waals surface area contributed by atoms with Crippen LogP contribution in [0.4, 0.5) is 0 Å². The molecule has 0 unspecified atom stereocenters. The fourth-order valence-electron chi connectivity index (χ4n) is 2.37. The normalized spacial score (nSPS) is 16.1. The molecular weight excluding hydrogens is 374 g/mol. The summed E-state index contributed by atoms with van der Waals surface area (Å²) in [7, 11) is 3.85. The third-order valence-electron chi connectivity index (χ3n) is 3.64. The molecule has 0 N–H and O–H groups in total. The van der Waals surface area contributed by atoms with Crippen LogP contribution < -0.4 is 0 Å². The number of ketones is 2. The van der Waals surface area contributed by atoms with Crippen molar-refractivity contribution in [3.05, 3.63) is 40.2 Å². The summed E-state index contributed by atoms with van der Waals surface area (Å²) in [5.41, 5.74) is 1.00. The molecule has 0 fully saturated rings. The van der Waals surface area contributed by atoms with E-state index in [-0.39, 0.29) is 41.0 Å². The number of hydrogen-bond acceptors (Lipinski definition) is 6. The molecule has 0 atom stereocenters. The minimum atomic E-state index is -0.328. The molecule has 24 heavy (non-hydrogen) atoms. The fourth-order valence-corrected chi connectivity index (χ4v) is 2.83. The predicted octanol–water partition coefficient (Wildman–Crippen LogP) is 2.88. The molecule has 0 saturated carbocycles. The lowest BCUT2D eigenvalue weighted by atomic mass is 9.97. The quantitative estimate of drug-likeness (QED) is 0.803. The van der Waals surface area contributed by atoms with Gasteiger partial charge in [0.05, 0.1) is 24.2 Å². The number of carbonyl (C=O) groups excluding carboxylic acids is 2. The molecule has 0 saturated heterocycles. The van der Waals surface area contributed by atoms with E-state index in [1.807, 2.05) is 43.3 Å². The standard InChI is InChI=1S/C17H16BrN3O3/c1-21(2)8-7-19-12-9-13(22)16-14(15(12)23)20-17(24-16)10-5-3-4-6-11(10)18/h3-6H,7-9H2,1-2H3. The number of rotatable bonds is 4. The first kappa shape index (κ1) is 16.7. The molecule has 7 heteroatoms. The number of halogens is 1. The number of fused-ring (bicyclic) bond motifs is 1. The summed E-state index contributed by atoms with van der Waals surface area (Å²) in [6, 6.07) is 7.35. The minimum absolute atomic E-state index is 0.0253. The second-order valence-electron chi connectivity index (χ2n) is 5.74. The van der Waals surface area contributed by atoms with Gasteiger partial charge in [-0.1, -0.05) is 12.1 Å². The molecule has 6 nitrogen and oxygen atoms in total. The Morgan fingerprint density at radius 1 is 1.29 bits per heavy atom. The van der Waals surface area contributed by atoms with Gasteiger partial charge in [0.15, 0.2) is 5.69 Å². The monoisotopic (exact) mass is 389 g/mol. The Morgan fingerprint density at radius 2 is 2.04 bits per heavy atom. The van der Waals surface area contributed by atoms with E-state index in [4.69, 9.17) is 4.42 Å². The van der Waals surface area contributed by atoms with Gasteiger partial charge in [0.25, 0.3) is 0 Å². The maximum absolute atomic E-state index is 12.5. The molecule has 0 aliphatic heterocycles. The second kappa shape index (κ2) is 6.78. The highest BCUT2D eigenvalue weighted by molar-refractivity contribution is 9.10. The van der Waals surface area contributed by atoms with Crippen LogP contribution in [0.1, 0.15) is 27.5 Å².